The Morgan fingerprint density at radius 1 is 1.22 bits per heavy atom. The molecule has 7 nitrogen and oxygen atoms in total. The van der Waals surface area contributed by atoms with E-state index in [9.17, 15) is 4.39 Å². The molecule has 0 spiro atoms. The zero-order chi connectivity index (χ0) is 19.0. The normalized spacial score (nSPS) is 12.4. The third-order valence-electron chi connectivity index (χ3n) is 3.92. The molecule has 0 radical (unpaired) electrons. The van der Waals surface area contributed by atoms with Crippen LogP contribution >= 0.6 is 24.2 Å². The van der Waals surface area contributed by atoms with Gasteiger partial charge in [-0.15, -0.1) is 20.4 Å². The molecule has 0 N–H and O–H groups in total. The van der Waals surface area contributed by atoms with Crippen LogP contribution in [0, 0.1) is 5.82 Å². The highest BCUT2D eigenvalue weighted by molar-refractivity contribution is 7.80. The summed E-state index contributed by atoms with van der Waals surface area (Å²) in [5.41, 5.74) is 0.120. The van der Waals surface area contributed by atoms with Crippen LogP contribution in [0.5, 0.6) is 0 Å². The van der Waals surface area contributed by atoms with E-state index in [1.165, 1.54) is 18.2 Å². The Bertz CT molecular complexity index is 1080. The van der Waals surface area contributed by atoms with Gasteiger partial charge in [0.15, 0.2) is 17.4 Å². The summed E-state index contributed by atoms with van der Waals surface area (Å²) in [5, 5.41) is 16.0. The van der Waals surface area contributed by atoms with E-state index in [0.29, 0.717) is 29.0 Å². The van der Waals surface area contributed by atoms with Crippen molar-refractivity contribution in [1.82, 2.24) is 25.0 Å². The summed E-state index contributed by atoms with van der Waals surface area (Å²) in [7, 11) is 0. The fraction of sp³-hybridized carbons (Fsp3) is 0.176. The molecule has 4 aromatic rings. The van der Waals surface area contributed by atoms with Gasteiger partial charge in [0, 0.05) is 11.6 Å². The number of nitrogens with zero attached hydrogens (tertiary/aromatic N) is 5. The van der Waals surface area contributed by atoms with Crippen LogP contribution in [-0.2, 0) is 6.54 Å². The van der Waals surface area contributed by atoms with Gasteiger partial charge in [0.05, 0.1) is 11.8 Å². The predicted octanol–water partition coefficient (Wildman–Crippen LogP) is 4.42. The first kappa shape index (κ1) is 17.7. The summed E-state index contributed by atoms with van der Waals surface area (Å²) in [5.74, 6) is 1.33. The molecule has 0 fully saturated rings. The highest BCUT2D eigenvalue weighted by Crippen LogP contribution is 2.32. The number of thiol groups is 1. The van der Waals surface area contributed by atoms with E-state index in [4.69, 9.17) is 20.4 Å². The molecule has 138 valence electrons. The Balaban J connectivity index is 1.69. The number of aromatic nitrogens is 5. The Labute approximate surface area is 163 Å². The van der Waals surface area contributed by atoms with Crippen LogP contribution in [0.15, 0.2) is 45.4 Å². The van der Waals surface area contributed by atoms with E-state index in [-0.39, 0.29) is 17.3 Å². The Morgan fingerprint density at radius 3 is 2.81 bits per heavy atom. The van der Waals surface area contributed by atoms with Gasteiger partial charge in [-0.05, 0) is 37.3 Å². The molecule has 3 aromatic heterocycles. The molecular formula is C17H13ClFN5O2S. The zero-order valence-corrected chi connectivity index (χ0v) is 15.7. The molecule has 0 saturated carbocycles. The van der Waals surface area contributed by atoms with Gasteiger partial charge >= 0.3 is 0 Å². The minimum Gasteiger partial charge on any atom is -0.461 e. The van der Waals surface area contributed by atoms with Gasteiger partial charge in [-0.25, -0.2) is 4.39 Å². The summed E-state index contributed by atoms with van der Waals surface area (Å²) in [6, 6.07) is 7.67. The van der Waals surface area contributed by atoms with Crippen molar-refractivity contribution in [3.05, 3.63) is 59.1 Å². The minimum atomic E-state index is -0.648. The monoisotopic (exact) mass is 405 g/mol. The van der Waals surface area contributed by atoms with Crippen LogP contribution in [0.2, 0.25) is 5.02 Å². The number of hydrogen-bond acceptors (Lipinski definition) is 7. The van der Waals surface area contributed by atoms with Crippen molar-refractivity contribution >= 4 is 24.2 Å². The molecule has 0 amide bonds. The summed E-state index contributed by atoms with van der Waals surface area (Å²) in [6.07, 6.45) is 1.56. The lowest BCUT2D eigenvalue weighted by Gasteiger charge is -2.09. The molecular weight excluding hydrogens is 393 g/mol. The van der Waals surface area contributed by atoms with E-state index in [0.717, 1.165) is 0 Å². The molecule has 10 heteroatoms. The maximum atomic E-state index is 14.0. The second kappa shape index (κ2) is 7.16. The minimum absolute atomic E-state index is 0.0119. The average Bonchev–Trinajstić information content (AvgIpc) is 3.42. The largest absolute Gasteiger partial charge is 0.461 e. The fourth-order valence-electron chi connectivity index (χ4n) is 2.64. The second-order valence-electron chi connectivity index (χ2n) is 5.58. The molecule has 1 unspecified atom stereocenters. The standard InChI is InChI=1S/C17H13ClFN5O2S/c1-2-24-14(12-4-3-7-25-12)20-21-15(24)13(27)17-23-22-16(26-17)10-8-9(18)5-6-11(10)19/h3-8,13,27H,2H2,1H3. The van der Waals surface area contributed by atoms with Crippen LogP contribution in [0.1, 0.15) is 23.9 Å². The number of benzene rings is 1. The molecule has 0 bridgehead atoms. The average molecular weight is 406 g/mol. The SMILES string of the molecule is CCn1c(-c2ccco2)nnc1C(S)c1nnc(-c2cc(Cl)ccc2F)o1. The maximum Gasteiger partial charge on any atom is 0.250 e. The fourth-order valence-corrected chi connectivity index (χ4v) is 3.11. The second-order valence-corrected chi connectivity index (χ2v) is 6.53. The van der Waals surface area contributed by atoms with Crippen LogP contribution in [-0.4, -0.2) is 25.0 Å². The van der Waals surface area contributed by atoms with Crippen molar-refractivity contribution < 1.29 is 13.2 Å². The van der Waals surface area contributed by atoms with Gasteiger partial charge in [0.1, 0.15) is 11.1 Å². The van der Waals surface area contributed by atoms with E-state index >= 15 is 0 Å². The Kier molecular flexibility index (Phi) is 4.71. The van der Waals surface area contributed by atoms with Crippen LogP contribution in [0.25, 0.3) is 23.0 Å². The first-order chi connectivity index (χ1) is 13.1. The molecule has 1 atom stereocenters. The third-order valence-corrected chi connectivity index (χ3v) is 4.60. The summed E-state index contributed by atoms with van der Waals surface area (Å²) in [6.45, 7) is 2.53. The van der Waals surface area contributed by atoms with E-state index in [1.54, 1.807) is 18.4 Å². The highest BCUT2D eigenvalue weighted by Gasteiger charge is 2.26. The summed E-state index contributed by atoms with van der Waals surface area (Å²) >= 11 is 10.5. The molecule has 0 aliphatic carbocycles. The van der Waals surface area contributed by atoms with Crippen molar-refractivity contribution in [3.8, 4) is 23.0 Å². The first-order valence-electron chi connectivity index (χ1n) is 8.02. The molecule has 4 rings (SSSR count). The van der Waals surface area contributed by atoms with Gasteiger partial charge < -0.3 is 13.4 Å². The number of furan rings is 1. The van der Waals surface area contributed by atoms with Gasteiger partial charge in [0.2, 0.25) is 5.89 Å². The molecule has 0 saturated heterocycles. The van der Waals surface area contributed by atoms with Crippen molar-refractivity contribution in [2.45, 2.75) is 18.7 Å². The number of rotatable bonds is 5. The van der Waals surface area contributed by atoms with E-state index < -0.39 is 11.1 Å². The lowest BCUT2D eigenvalue weighted by atomic mass is 10.2. The van der Waals surface area contributed by atoms with Crippen molar-refractivity contribution in [1.29, 1.82) is 0 Å². The maximum absolute atomic E-state index is 14.0. The number of hydrogen-bond donors (Lipinski definition) is 1. The van der Waals surface area contributed by atoms with Crippen LogP contribution in [0.3, 0.4) is 0 Å². The Hall–Kier alpha value is -2.65. The van der Waals surface area contributed by atoms with Gasteiger partial charge in [-0.1, -0.05) is 11.6 Å². The lowest BCUT2D eigenvalue weighted by molar-refractivity contribution is 0.501. The van der Waals surface area contributed by atoms with Gasteiger partial charge in [-0.2, -0.15) is 12.6 Å². The van der Waals surface area contributed by atoms with Crippen LogP contribution in [0.4, 0.5) is 4.39 Å². The smallest absolute Gasteiger partial charge is 0.250 e. The van der Waals surface area contributed by atoms with Crippen LogP contribution < -0.4 is 0 Å². The molecule has 27 heavy (non-hydrogen) atoms. The van der Waals surface area contributed by atoms with Crippen molar-refractivity contribution in [2.24, 2.45) is 0 Å². The molecule has 0 aliphatic heterocycles. The summed E-state index contributed by atoms with van der Waals surface area (Å²) < 4.78 is 26.9. The zero-order valence-electron chi connectivity index (χ0n) is 14.0. The number of halogens is 2. The molecule has 0 aliphatic rings. The van der Waals surface area contributed by atoms with Gasteiger partial charge in [-0.3, -0.25) is 0 Å². The van der Waals surface area contributed by atoms with Crippen molar-refractivity contribution in [2.75, 3.05) is 0 Å². The van der Waals surface area contributed by atoms with E-state index in [2.05, 4.69) is 33.0 Å². The summed E-state index contributed by atoms with van der Waals surface area (Å²) in [4.78, 5) is 0. The molecule has 3 heterocycles. The third kappa shape index (κ3) is 3.24. The molecule has 1 aromatic carbocycles. The van der Waals surface area contributed by atoms with Crippen molar-refractivity contribution in [3.63, 3.8) is 0 Å². The quantitative estimate of drug-likeness (QED) is 0.495. The van der Waals surface area contributed by atoms with Gasteiger partial charge in [0.25, 0.3) is 5.89 Å². The lowest BCUT2D eigenvalue weighted by Crippen LogP contribution is -2.07. The highest BCUT2D eigenvalue weighted by atomic mass is 35.5. The first-order valence-corrected chi connectivity index (χ1v) is 8.91. The van der Waals surface area contributed by atoms with E-state index in [1.807, 2.05) is 11.5 Å². The Morgan fingerprint density at radius 2 is 2.07 bits per heavy atom. The predicted molar refractivity (Wildman–Crippen MR) is 98.9 cm³/mol. The topological polar surface area (TPSA) is 82.8 Å².